The maximum absolute atomic E-state index is 12.8. The highest BCUT2D eigenvalue weighted by molar-refractivity contribution is 7.14. The Morgan fingerprint density at radius 2 is 2.00 bits per heavy atom. The number of rotatable bonds is 4. The highest BCUT2D eigenvalue weighted by atomic mass is 32.1. The fourth-order valence-corrected chi connectivity index (χ4v) is 5.22. The minimum atomic E-state index is -0.237. The Kier molecular flexibility index (Phi) is 5.61. The van der Waals surface area contributed by atoms with E-state index in [2.05, 4.69) is 10.3 Å². The van der Waals surface area contributed by atoms with Gasteiger partial charge in [-0.2, -0.15) is 0 Å². The molecule has 9 heteroatoms. The summed E-state index contributed by atoms with van der Waals surface area (Å²) in [5.74, 6) is 1.12. The van der Waals surface area contributed by atoms with Crippen LogP contribution < -0.4 is 14.8 Å². The van der Waals surface area contributed by atoms with Crippen molar-refractivity contribution in [3.63, 3.8) is 0 Å². The van der Waals surface area contributed by atoms with Gasteiger partial charge >= 0.3 is 0 Å². The van der Waals surface area contributed by atoms with Gasteiger partial charge in [-0.05, 0) is 42.5 Å². The number of carbonyl (C=O) groups excluding carboxylic acids is 2. The number of hydrogen-bond donors (Lipinski definition) is 1. The van der Waals surface area contributed by atoms with E-state index in [0.29, 0.717) is 42.1 Å². The smallest absolute Gasteiger partial charge is 0.263 e. The summed E-state index contributed by atoms with van der Waals surface area (Å²) in [5.41, 5.74) is 1.68. The first-order valence-corrected chi connectivity index (χ1v) is 11.9. The van der Waals surface area contributed by atoms with E-state index in [1.165, 1.54) is 22.7 Å². The van der Waals surface area contributed by atoms with Gasteiger partial charge in [0.25, 0.3) is 5.91 Å². The maximum atomic E-state index is 12.8. The number of fused-ring (bicyclic) bond motifs is 1. The van der Waals surface area contributed by atoms with Crippen molar-refractivity contribution in [2.24, 2.45) is 5.92 Å². The van der Waals surface area contributed by atoms with Crippen molar-refractivity contribution < 1.29 is 19.1 Å². The zero-order chi connectivity index (χ0) is 21.2. The largest absolute Gasteiger partial charge is 0.486 e. The first kappa shape index (κ1) is 20.0. The predicted octanol–water partition coefficient (Wildman–Crippen LogP) is 4.13. The Morgan fingerprint density at radius 3 is 2.84 bits per heavy atom. The third-order valence-corrected chi connectivity index (χ3v) is 7.00. The van der Waals surface area contributed by atoms with Crippen molar-refractivity contribution in [3.05, 3.63) is 46.0 Å². The van der Waals surface area contributed by atoms with Gasteiger partial charge in [-0.15, -0.1) is 22.7 Å². The van der Waals surface area contributed by atoms with Crippen molar-refractivity contribution in [2.75, 3.05) is 31.6 Å². The summed E-state index contributed by atoms with van der Waals surface area (Å²) < 4.78 is 11.2. The quantitative estimate of drug-likeness (QED) is 0.640. The number of hydrogen-bond acceptors (Lipinski definition) is 7. The van der Waals surface area contributed by atoms with Gasteiger partial charge in [0.1, 0.15) is 13.2 Å². The molecule has 0 bridgehead atoms. The Morgan fingerprint density at radius 1 is 1.13 bits per heavy atom. The van der Waals surface area contributed by atoms with Gasteiger partial charge in [0.15, 0.2) is 16.6 Å². The number of anilines is 1. The molecule has 4 heterocycles. The molecule has 0 spiro atoms. The lowest BCUT2D eigenvalue weighted by molar-refractivity contribution is -0.121. The van der Waals surface area contributed by atoms with Crippen LogP contribution >= 0.6 is 22.7 Å². The second-order valence-corrected chi connectivity index (χ2v) is 9.26. The number of carbonyl (C=O) groups is 2. The fraction of sp³-hybridized carbons (Fsp3) is 0.318. The number of nitrogens with zero attached hydrogens (tertiary/aromatic N) is 2. The highest BCUT2D eigenvalue weighted by Gasteiger charge is 2.29. The van der Waals surface area contributed by atoms with Crippen molar-refractivity contribution in [2.45, 2.75) is 12.8 Å². The molecule has 2 aliphatic rings. The van der Waals surface area contributed by atoms with Crippen LogP contribution in [0.15, 0.2) is 41.1 Å². The number of likely N-dealkylation sites (tertiary alicyclic amines) is 1. The van der Waals surface area contributed by atoms with E-state index < -0.39 is 0 Å². The molecule has 2 amide bonds. The van der Waals surface area contributed by atoms with Crippen LogP contribution in [-0.4, -0.2) is 48.0 Å². The lowest BCUT2D eigenvalue weighted by Gasteiger charge is -2.31. The molecule has 2 aromatic heterocycles. The first-order chi connectivity index (χ1) is 15.2. The van der Waals surface area contributed by atoms with Crippen LogP contribution in [0.5, 0.6) is 11.5 Å². The Bertz CT molecular complexity index is 1100. The number of amides is 2. The fourth-order valence-electron chi connectivity index (χ4n) is 3.81. The van der Waals surface area contributed by atoms with Crippen molar-refractivity contribution in [1.82, 2.24) is 9.88 Å². The predicted molar refractivity (Wildman–Crippen MR) is 120 cm³/mol. The Balaban J connectivity index is 1.24. The molecule has 0 unspecified atom stereocenters. The highest BCUT2D eigenvalue weighted by Crippen LogP contribution is 2.35. The maximum Gasteiger partial charge on any atom is 0.263 e. The van der Waals surface area contributed by atoms with E-state index >= 15 is 0 Å². The molecule has 3 aromatic rings. The van der Waals surface area contributed by atoms with Crippen molar-refractivity contribution in [3.8, 4) is 22.8 Å². The van der Waals surface area contributed by atoms with Crippen LogP contribution in [0.4, 0.5) is 5.13 Å². The van der Waals surface area contributed by atoms with E-state index in [1.807, 2.05) is 41.1 Å². The Labute approximate surface area is 187 Å². The molecule has 5 rings (SSSR count). The van der Waals surface area contributed by atoms with Crippen LogP contribution in [0, 0.1) is 5.92 Å². The normalized spacial score (nSPS) is 17.9. The lowest BCUT2D eigenvalue weighted by atomic mass is 9.97. The molecule has 31 heavy (non-hydrogen) atoms. The standard InChI is InChI=1S/C22H21N3O4S2/c26-20(15-3-1-7-25(12-15)21(27)19-4-2-10-30-19)24-22-23-16(13-31-22)14-5-6-17-18(11-14)29-9-8-28-17/h2,4-6,10-11,13,15H,1,3,7-9,12H2,(H,23,24,26)/t15-/m1/s1. The molecule has 2 aliphatic heterocycles. The Hall–Kier alpha value is -2.91. The number of ether oxygens (including phenoxy) is 2. The summed E-state index contributed by atoms with van der Waals surface area (Å²) in [6.07, 6.45) is 1.58. The van der Waals surface area contributed by atoms with Gasteiger partial charge in [-0.3, -0.25) is 9.59 Å². The van der Waals surface area contributed by atoms with Gasteiger partial charge in [0.05, 0.1) is 16.5 Å². The number of thiazole rings is 1. The van der Waals surface area contributed by atoms with Crippen molar-refractivity contribution in [1.29, 1.82) is 0 Å². The van der Waals surface area contributed by atoms with Crippen LogP contribution in [0.1, 0.15) is 22.5 Å². The van der Waals surface area contributed by atoms with Gasteiger partial charge in [-0.1, -0.05) is 6.07 Å². The monoisotopic (exact) mass is 455 g/mol. The van der Waals surface area contributed by atoms with E-state index in [1.54, 1.807) is 4.90 Å². The third kappa shape index (κ3) is 4.28. The van der Waals surface area contributed by atoms with Crippen molar-refractivity contribution >= 4 is 39.6 Å². The summed E-state index contributed by atoms with van der Waals surface area (Å²) >= 11 is 2.81. The minimum absolute atomic E-state index is 0.00245. The molecule has 0 aliphatic carbocycles. The molecule has 0 saturated carbocycles. The number of nitrogens with one attached hydrogen (secondary N) is 1. The number of thiophene rings is 1. The van der Waals surface area contributed by atoms with Crippen LogP contribution in [-0.2, 0) is 4.79 Å². The summed E-state index contributed by atoms with van der Waals surface area (Å²) in [7, 11) is 0. The van der Waals surface area contributed by atoms with E-state index in [-0.39, 0.29) is 17.7 Å². The summed E-state index contributed by atoms with van der Waals surface area (Å²) in [6, 6.07) is 9.41. The van der Waals surface area contributed by atoms with Gasteiger partial charge in [0.2, 0.25) is 5.91 Å². The molecule has 1 saturated heterocycles. The van der Waals surface area contributed by atoms with Crippen LogP contribution in [0.2, 0.25) is 0 Å². The molecule has 1 atom stereocenters. The molecular formula is C22H21N3O4S2. The van der Waals surface area contributed by atoms with E-state index in [4.69, 9.17) is 9.47 Å². The van der Waals surface area contributed by atoms with E-state index in [9.17, 15) is 9.59 Å². The summed E-state index contributed by atoms with van der Waals surface area (Å²) in [5, 5.41) is 7.29. The average Bonchev–Trinajstić information content (AvgIpc) is 3.51. The number of benzene rings is 1. The second-order valence-electron chi connectivity index (χ2n) is 7.45. The third-order valence-electron chi connectivity index (χ3n) is 5.38. The molecule has 7 nitrogen and oxygen atoms in total. The summed E-state index contributed by atoms with van der Waals surface area (Å²) in [4.78, 5) is 32.5. The average molecular weight is 456 g/mol. The zero-order valence-electron chi connectivity index (χ0n) is 16.7. The minimum Gasteiger partial charge on any atom is -0.486 e. The topological polar surface area (TPSA) is 80.8 Å². The van der Waals surface area contributed by atoms with E-state index in [0.717, 1.165) is 29.8 Å². The lowest BCUT2D eigenvalue weighted by Crippen LogP contribution is -2.43. The molecule has 1 fully saturated rings. The zero-order valence-corrected chi connectivity index (χ0v) is 18.3. The molecular weight excluding hydrogens is 434 g/mol. The molecule has 0 radical (unpaired) electrons. The number of aromatic nitrogens is 1. The molecule has 160 valence electrons. The van der Waals surface area contributed by atoms with Gasteiger partial charge in [-0.25, -0.2) is 4.98 Å². The summed E-state index contributed by atoms with van der Waals surface area (Å²) in [6.45, 7) is 2.20. The second kappa shape index (κ2) is 8.68. The molecule has 1 aromatic carbocycles. The SMILES string of the molecule is O=C(Nc1nc(-c2ccc3c(c2)OCCO3)cs1)[C@@H]1CCCN(C(=O)c2cccs2)C1. The van der Waals surface area contributed by atoms with Gasteiger partial charge < -0.3 is 19.7 Å². The first-order valence-electron chi connectivity index (χ1n) is 10.2. The van der Waals surface area contributed by atoms with Crippen LogP contribution in [0.25, 0.3) is 11.3 Å². The van der Waals surface area contributed by atoms with Gasteiger partial charge in [0, 0.05) is 24.0 Å². The van der Waals surface area contributed by atoms with Crippen LogP contribution in [0.3, 0.4) is 0 Å². The number of piperidine rings is 1. The molecule has 1 N–H and O–H groups in total.